The van der Waals surface area contributed by atoms with Crippen LogP contribution in [-0.2, 0) is 32.6 Å². The zero-order chi connectivity index (χ0) is 29.3. The number of anilines is 1. The summed E-state index contributed by atoms with van der Waals surface area (Å²) in [5, 5.41) is 2.97. The molecular formula is C30H36FN3O5S. The third-order valence-corrected chi connectivity index (χ3v) is 7.72. The van der Waals surface area contributed by atoms with Gasteiger partial charge in [-0.1, -0.05) is 49.4 Å². The van der Waals surface area contributed by atoms with Crippen LogP contribution in [0.4, 0.5) is 10.1 Å². The summed E-state index contributed by atoms with van der Waals surface area (Å²) < 4.78 is 45.5. The van der Waals surface area contributed by atoms with Crippen LogP contribution in [0.25, 0.3) is 0 Å². The van der Waals surface area contributed by atoms with Crippen LogP contribution in [0.1, 0.15) is 31.4 Å². The second-order valence-electron chi connectivity index (χ2n) is 9.64. The Morgan fingerprint density at radius 3 is 2.12 bits per heavy atom. The van der Waals surface area contributed by atoms with E-state index < -0.39 is 34.3 Å². The summed E-state index contributed by atoms with van der Waals surface area (Å²) in [5.41, 5.74) is 1.71. The van der Waals surface area contributed by atoms with Crippen molar-refractivity contribution in [2.45, 2.75) is 45.3 Å². The molecule has 3 aromatic carbocycles. The maximum absolute atomic E-state index is 14.0. The second-order valence-corrected chi connectivity index (χ2v) is 11.5. The van der Waals surface area contributed by atoms with Gasteiger partial charge in [0.2, 0.25) is 21.8 Å². The lowest BCUT2D eigenvalue weighted by Crippen LogP contribution is -2.54. The van der Waals surface area contributed by atoms with Crippen molar-refractivity contribution in [2.75, 3.05) is 24.2 Å². The highest BCUT2D eigenvalue weighted by atomic mass is 32.2. The number of sulfonamides is 1. The van der Waals surface area contributed by atoms with Gasteiger partial charge in [0.25, 0.3) is 0 Å². The molecule has 3 rings (SSSR count). The van der Waals surface area contributed by atoms with E-state index in [9.17, 15) is 22.4 Å². The van der Waals surface area contributed by atoms with Gasteiger partial charge in [0.15, 0.2) is 0 Å². The Hall–Kier alpha value is -3.92. The monoisotopic (exact) mass is 569 g/mol. The van der Waals surface area contributed by atoms with E-state index in [1.54, 1.807) is 36.4 Å². The molecule has 0 unspecified atom stereocenters. The molecule has 3 aromatic rings. The number of carbonyl (C=O) groups excluding carboxylic acids is 2. The number of halogens is 1. The standard InChI is InChI=1S/C30H36FN3O5S/c1-5-22(2)32-30(36)28(19-23-9-7-6-8-10-23)33(20-24-11-13-25(31)14-12-24)29(35)21-34(40(4,37)38)26-15-17-27(39-3)18-16-26/h6-18,22,28H,5,19-21H2,1-4H3,(H,32,36)/t22-,28+/m0/s1. The lowest BCUT2D eigenvalue weighted by Gasteiger charge is -2.34. The topological polar surface area (TPSA) is 96.0 Å². The van der Waals surface area contributed by atoms with Crippen molar-refractivity contribution in [3.8, 4) is 5.75 Å². The molecule has 1 N–H and O–H groups in total. The van der Waals surface area contributed by atoms with Crippen molar-refractivity contribution in [2.24, 2.45) is 0 Å². The average Bonchev–Trinajstić information content (AvgIpc) is 2.94. The predicted octanol–water partition coefficient (Wildman–Crippen LogP) is 4.16. The van der Waals surface area contributed by atoms with Crippen molar-refractivity contribution in [1.82, 2.24) is 10.2 Å². The van der Waals surface area contributed by atoms with E-state index in [4.69, 9.17) is 4.74 Å². The largest absolute Gasteiger partial charge is 0.497 e. The number of carbonyl (C=O) groups is 2. The molecule has 0 spiro atoms. The van der Waals surface area contributed by atoms with Gasteiger partial charge in [0, 0.05) is 19.0 Å². The molecule has 10 heteroatoms. The minimum Gasteiger partial charge on any atom is -0.497 e. The van der Waals surface area contributed by atoms with Gasteiger partial charge in [-0.25, -0.2) is 12.8 Å². The molecule has 214 valence electrons. The van der Waals surface area contributed by atoms with E-state index in [0.717, 1.165) is 16.1 Å². The zero-order valence-corrected chi connectivity index (χ0v) is 24.0. The van der Waals surface area contributed by atoms with E-state index in [2.05, 4.69) is 5.32 Å². The Balaban J connectivity index is 2.04. The summed E-state index contributed by atoms with van der Waals surface area (Å²) >= 11 is 0. The van der Waals surface area contributed by atoms with Gasteiger partial charge < -0.3 is 15.0 Å². The molecule has 0 heterocycles. The average molecular weight is 570 g/mol. The van der Waals surface area contributed by atoms with Crippen molar-refractivity contribution in [3.63, 3.8) is 0 Å². The highest BCUT2D eigenvalue weighted by Crippen LogP contribution is 2.23. The van der Waals surface area contributed by atoms with Gasteiger partial charge in [-0.3, -0.25) is 13.9 Å². The normalized spacial score (nSPS) is 12.7. The molecule has 0 aromatic heterocycles. The van der Waals surface area contributed by atoms with E-state index in [-0.39, 0.29) is 30.6 Å². The lowest BCUT2D eigenvalue weighted by atomic mass is 10.0. The van der Waals surface area contributed by atoms with Crippen molar-refractivity contribution < 1.29 is 27.1 Å². The first-order chi connectivity index (χ1) is 19.0. The van der Waals surface area contributed by atoms with Crippen LogP contribution in [-0.4, -0.2) is 57.1 Å². The van der Waals surface area contributed by atoms with Gasteiger partial charge in [-0.2, -0.15) is 0 Å². The molecule has 0 aliphatic carbocycles. The molecule has 0 fully saturated rings. The molecule has 2 atom stereocenters. The molecule has 8 nitrogen and oxygen atoms in total. The van der Waals surface area contributed by atoms with Crippen molar-refractivity contribution in [3.05, 3.63) is 95.8 Å². The number of benzene rings is 3. The third kappa shape index (κ3) is 8.54. The number of hydrogen-bond donors (Lipinski definition) is 1. The van der Waals surface area contributed by atoms with Crippen molar-refractivity contribution in [1.29, 1.82) is 0 Å². The van der Waals surface area contributed by atoms with E-state index in [0.29, 0.717) is 17.7 Å². The summed E-state index contributed by atoms with van der Waals surface area (Å²) in [6.07, 6.45) is 1.92. The van der Waals surface area contributed by atoms with E-state index in [1.807, 2.05) is 44.2 Å². The summed E-state index contributed by atoms with van der Waals surface area (Å²) in [6, 6.07) is 20.1. The van der Waals surface area contributed by atoms with Gasteiger partial charge >= 0.3 is 0 Å². The van der Waals surface area contributed by atoms with Crippen LogP contribution in [0.2, 0.25) is 0 Å². The maximum Gasteiger partial charge on any atom is 0.244 e. The zero-order valence-electron chi connectivity index (χ0n) is 23.2. The molecule has 0 radical (unpaired) electrons. The number of amides is 2. The second kappa shape index (κ2) is 13.9. The Kier molecular flexibility index (Phi) is 10.7. The fourth-order valence-electron chi connectivity index (χ4n) is 4.14. The van der Waals surface area contributed by atoms with Crippen LogP contribution in [0.5, 0.6) is 5.75 Å². The van der Waals surface area contributed by atoms with E-state index in [1.165, 1.54) is 24.1 Å². The van der Waals surface area contributed by atoms with Crippen LogP contribution in [0.15, 0.2) is 78.9 Å². The highest BCUT2D eigenvalue weighted by Gasteiger charge is 2.33. The Morgan fingerprint density at radius 1 is 0.950 bits per heavy atom. The molecule has 0 saturated carbocycles. The fourth-order valence-corrected chi connectivity index (χ4v) is 4.99. The Bertz CT molecular complexity index is 1370. The third-order valence-electron chi connectivity index (χ3n) is 6.58. The first kappa shape index (κ1) is 30.6. The Labute approximate surface area is 235 Å². The first-order valence-electron chi connectivity index (χ1n) is 13.0. The molecule has 2 amide bonds. The summed E-state index contributed by atoms with van der Waals surface area (Å²) in [6.45, 7) is 3.26. The molecular weight excluding hydrogens is 533 g/mol. The molecule has 0 bridgehead atoms. The minimum absolute atomic E-state index is 0.0231. The SMILES string of the molecule is CC[C@H](C)NC(=O)[C@@H](Cc1ccccc1)N(Cc1ccc(F)cc1)C(=O)CN(c1ccc(OC)cc1)S(C)(=O)=O. The summed E-state index contributed by atoms with van der Waals surface area (Å²) in [7, 11) is -2.38. The Morgan fingerprint density at radius 2 is 1.57 bits per heavy atom. The number of hydrogen-bond acceptors (Lipinski definition) is 5. The van der Waals surface area contributed by atoms with Gasteiger partial charge in [0.1, 0.15) is 24.2 Å². The van der Waals surface area contributed by atoms with E-state index >= 15 is 0 Å². The van der Waals surface area contributed by atoms with Gasteiger partial charge in [-0.15, -0.1) is 0 Å². The maximum atomic E-state index is 14.0. The van der Waals surface area contributed by atoms with Gasteiger partial charge in [0.05, 0.1) is 19.1 Å². The summed E-state index contributed by atoms with van der Waals surface area (Å²) in [4.78, 5) is 29.0. The smallest absolute Gasteiger partial charge is 0.244 e. The molecule has 0 saturated heterocycles. The van der Waals surface area contributed by atoms with Crippen LogP contribution in [0, 0.1) is 5.82 Å². The van der Waals surface area contributed by atoms with Gasteiger partial charge in [-0.05, 0) is 60.9 Å². The number of nitrogens with one attached hydrogen (secondary N) is 1. The highest BCUT2D eigenvalue weighted by molar-refractivity contribution is 7.92. The first-order valence-corrected chi connectivity index (χ1v) is 14.9. The minimum atomic E-state index is -3.88. The van der Waals surface area contributed by atoms with Crippen molar-refractivity contribution >= 4 is 27.5 Å². The molecule has 0 aliphatic rings. The fraction of sp³-hybridized carbons (Fsp3) is 0.333. The number of rotatable bonds is 13. The molecule has 0 aliphatic heterocycles. The lowest BCUT2D eigenvalue weighted by molar-refractivity contribution is -0.140. The summed E-state index contributed by atoms with van der Waals surface area (Å²) in [5.74, 6) is -0.833. The van der Waals surface area contributed by atoms with Crippen LogP contribution in [0.3, 0.4) is 0 Å². The number of nitrogens with zero attached hydrogens (tertiary/aromatic N) is 2. The quantitative estimate of drug-likeness (QED) is 0.334. The molecule has 40 heavy (non-hydrogen) atoms. The number of ether oxygens (including phenoxy) is 1. The van der Waals surface area contributed by atoms with Crippen LogP contribution >= 0.6 is 0 Å². The predicted molar refractivity (Wildman–Crippen MR) is 154 cm³/mol. The number of methoxy groups -OCH3 is 1. The van der Waals surface area contributed by atoms with Crippen LogP contribution < -0.4 is 14.4 Å².